The highest BCUT2D eigenvalue weighted by Crippen LogP contribution is 2.27. The summed E-state index contributed by atoms with van der Waals surface area (Å²) in [7, 11) is 0. The molecule has 1 saturated heterocycles. The van der Waals surface area contributed by atoms with Crippen LogP contribution in [0.2, 0.25) is 0 Å². The van der Waals surface area contributed by atoms with Crippen LogP contribution in [-0.2, 0) is 4.74 Å². The molecular formula is C13H26N2O. The first-order valence-electron chi connectivity index (χ1n) is 6.86. The highest BCUT2D eigenvalue weighted by Gasteiger charge is 2.30. The molecule has 94 valence electrons. The predicted molar refractivity (Wildman–Crippen MR) is 66.7 cm³/mol. The maximum atomic E-state index is 5.49. The monoisotopic (exact) mass is 226 g/mol. The summed E-state index contributed by atoms with van der Waals surface area (Å²) in [6.07, 6.45) is 4.18. The SMILES string of the molecule is CCNC1CCCC1CN1CCOCC1C. The van der Waals surface area contributed by atoms with Gasteiger partial charge in [-0.3, -0.25) is 4.90 Å². The quantitative estimate of drug-likeness (QED) is 0.786. The van der Waals surface area contributed by atoms with Crippen LogP contribution in [-0.4, -0.2) is 49.8 Å². The van der Waals surface area contributed by atoms with Gasteiger partial charge >= 0.3 is 0 Å². The van der Waals surface area contributed by atoms with Gasteiger partial charge in [0.25, 0.3) is 0 Å². The van der Waals surface area contributed by atoms with Crippen molar-refractivity contribution < 1.29 is 4.74 Å². The van der Waals surface area contributed by atoms with Crippen molar-refractivity contribution in [1.82, 2.24) is 10.2 Å². The lowest BCUT2D eigenvalue weighted by atomic mass is 10.0. The molecule has 1 aliphatic heterocycles. The topological polar surface area (TPSA) is 24.5 Å². The molecule has 3 unspecified atom stereocenters. The van der Waals surface area contributed by atoms with Gasteiger partial charge in [-0.05, 0) is 32.2 Å². The van der Waals surface area contributed by atoms with E-state index >= 15 is 0 Å². The second-order valence-corrected chi connectivity index (χ2v) is 5.27. The van der Waals surface area contributed by atoms with E-state index in [9.17, 15) is 0 Å². The molecule has 1 N–H and O–H groups in total. The van der Waals surface area contributed by atoms with Crippen molar-refractivity contribution in [3.05, 3.63) is 0 Å². The van der Waals surface area contributed by atoms with Crippen LogP contribution in [0.4, 0.5) is 0 Å². The molecule has 2 aliphatic rings. The molecule has 0 aromatic carbocycles. The van der Waals surface area contributed by atoms with Crippen LogP contribution in [0.15, 0.2) is 0 Å². The van der Waals surface area contributed by atoms with Gasteiger partial charge in [-0.1, -0.05) is 13.3 Å². The fraction of sp³-hybridized carbons (Fsp3) is 1.00. The molecule has 0 spiro atoms. The van der Waals surface area contributed by atoms with Gasteiger partial charge in [0.05, 0.1) is 13.2 Å². The molecule has 1 heterocycles. The second-order valence-electron chi connectivity index (χ2n) is 5.27. The van der Waals surface area contributed by atoms with Crippen molar-refractivity contribution in [2.75, 3.05) is 32.8 Å². The molecule has 0 radical (unpaired) electrons. The Morgan fingerprint density at radius 2 is 2.25 bits per heavy atom. The zero-order chi connectivity index (χ0) is 11.4. The first-order chi connectivity index (χ1) is 7.81. The third kappa shape index (κ3) is 2.96. The summed E-state index contributed by atoms with van der Waals surface area (Å²) in [5.41, 5.74) is 0. The molecule has 2 rings (SSSR count). The molecule has 1 saturated carbocycles. The molecular weight excluding hydrogens is 200 g/mol. The Labute approximate surface area is 99.5 Å². The summed E-state index contributed by atoms with van der Waals surface area (Å²) >= 11 is 0. The summed E-state index contributed by atoms with van der Waals surface area (Å²) < 4.78 is 5.49. The fourth-order valence-corrected chi connectivity index (χ4v) is 3.12. The Hall–Kier alpha value is -0.120. The highest BCUT2D eigenvalue weighted by molar-refractivity contribution is 4.86. The average Bonchev–Trinajstić information content (AvgIpc) is 2.70. The highest BCUT2D eigenvalue weighted by atomic mass is 16.5. The standard InChI is InChI=1S/C13H26N2O/c1-3-14-13-6-4-5-12(13)9-15-7-8-16-10-11(15)2/h11-14H,3-10H2,1-2H3. The van der Waals surface area contributed by atoms with Gasteiger partial charge in [0.15, 0.2) is 0 Å². The lowest BCUT2D eigenvalue weighted by Crippen LogP contribution is -2.48. The Kier molecular flexibility index (Phi) is 4.62. The van der Waals surface area contributed by atoms with Crippen LogP contribution in [0, 0.1) is 5.92 Å². The predicted octanol–water partition coefficient (Wildman–Crippen LogP) is 1.49. The van der Waals surface area contributed by atoms with Crippen molar-refractivity contribution >= 4 is 0 Å². The van der Waals surface area contributed by atoms with Crippen LogP contribution < -0.4 is 5.32 Å². The number of morpholine rings is 1. The van der Waals surface area contributed by atoms with Crippen molar-refractivity contribution in [1.29, 1.82) is 0 Å². The lowest BCUT2D eigenvalue weighted by Gasteiger charge is -2.36. The Morgan fingerprint density at radius 1 is 1.38 bits per heavy atom. The van der Waals surface area contributed by atoms with E-state index in [0.29, 0.717) is 6.04 Å². The molecule has 3 nitrogen and oxygen atoms in total. The van der Waals surface area contributed by atoms with E-state index in [1.807, 2.05) is 0 Å². The van der Waals surface area contributed by atoms with E-state index in [2.05, 4.69) is 24.1 Å². The molecule has 3 heteroatoms. The Bertz CT molecular complexity index is 210. The van der Waals surface area contributed by atoms with Gasteiger partial charge in [-0.2, -0.15) is 0 Å². The van der Waals surface area contributed by atoms with Gasteiger partial charge in [-0.15, -0.1) is 0 Å². The zero-order valence-corrected chi connectivity index (χ0v) is 10.7. The lowest BCUT2D eigenvalue weighted by molar-refractivity contribution is -0.00840. The van der Waals surface area contributed by atoms with Gasteiger partial charge in [0, 0.05) is 25.2 Å². The minimum absolute atomic E-state index is 0.608. The minimum atomic E-state index is 0.608. The number of nitrogens with one attached hydrogen (secondary N) is 1. The van der Waals surface area contributed by atoms with Crippen LogP contribution in [0.1, 0.15) is 33.1 Å². The Morgan fingerprint density at radius 3 is 3.00 bits per heavy atom. The molecule has 0 bridgehead atoms. The number of nitrogens with zero attached hydrogens (tertiary/aromatic N) is 1. The summed E-state index contributed by atoms with van der Waals surface area (Å²) in [6.45, 7) is 9.84. The van der Waals surface area contributed by atoms with Crippen LogP contribution >= 0.6 is 0 Å². The van der Waals surface area contributed by atoms with Crippen molar-refractivity contribution in [3.63, 3.8) is 0 Å². The van der Waals surface area contributed by atoms with Crippen LogP contribution in [0.25, 0.3) is 0 Å². The number of rotatable bonds is 4. The molecule has 2 fully saturated rings. The van der Waals surface area contributed by atoms with E-state index in [4.69, 9.17) is 4.74 Å². The Balaban J connectivity index is 1.82. The number of hydrogen-bond acceptors (Lipinski definition) is 3. The van der Waals surface area contributed by atoms with Gasteiger partial charge in [0.2, 0.25) is 0 Å². The molecule has 3 atom stereocenters. The summed E-state index contributed by atoms with van der Waals surface area (Å²) in [6, 6.07) is 1.37. The average molecular weight is 226 g/mol. The summed E-state index contributed by atoms with van der Waals surface area (Å²) in [5.74, 6) is 0.862. The second kappa shape index (κ2) is 5.99. The smallest absolute Gasteiger partial charge is 0.0619 e. The van der Waals surface area contributed by atoms with Crippen LogP contribution in [0.5, 0.6) is 0 Å². The van der Waals surface area contributed by atoms with Crippen molar-refractivity contribution in [3.8, 4) is 0 Å². The van der Waals surface area contributed by atoms with Gasteiger partial charge in [0.1, 0.15) is 0 Å². The molecule has 16 heavy (non-hydrogen) atoms. The van der Waals surface area contributed by atoms with E-state index < -0.39 is 0 Å². The van der Waals surface area contributed by atoms with Gasteiger partial charge in [-0.25, -0.2) is 0 Å². The zero-order valence-electron chi connectivity index (χ0n) is 10.7. The molecule has 0 aromatic heterocycles. The van der Waals surface area contributed by atoms with E-state index in [1.54, 1.807) is 0 Å². The van der Waals surface area contributed by atoms with E-state index in [0.717, 1.165) is 38.3 Å². The fourth-order valence-electron chi connectivity index (χ4n) is 3.12. The summed E-state index contributed by atoms with van der Waals surface area (Å²) in [4.78, 5) is 2.61. The van der Waals surface area contributed by atoms with E-state index in [-0.39, 0.29) is 0 Å². The summed E-state index contributed by atoms with van der Waals surface area (Å²) in [5, 5.41) is 3.64. The van der Waals surface area contributed by atoms with Crippen molar-refractivity contribution in [2.24, 2.45) is 5.92 Å². The molecule has 0 aromatic rings. The minimum Gasteiger partial charge on any atom is -0.379 e. The normalized spacial score (nSPS) is 36.8. The van der Waals surface area contributed by atoms with Crippen molar-refractivity contribution in [2.45, 2.75) is 45.2 Å². The largest absolute Gasteiger partial charge is 0.379 e. The third-order valence-corrected chi connectivity index (χ3v) is 4.10. The van der Waals surface area contributed by atoms with Gasteiger partial charge < -0.3 is 10.1 Å². The molecule has 1 aliphatic carbocycles. The maximum Gasteiger partial charge on any atom is 0.0619 e. The molecule has 0 amide bonds. The number of ether oxygens (including phenoxy) is 1. The first-order valence-corrected chi connectivity index (χ1v) is 6.86. The number of hydrogen-bond donors (Lipinski definition) is 1. The third-order valence-electron chi connectivity index (χ3n) is 4.10. The van der Waals surface area contributed by atoms with E-state index in [1.165, 1.54) is 25.8 Å². The maximum absolute atomic E-state index is 5.49. The first kappa shape index (κ1) is 12.3. The van der Waals surface area contributed by atoms with Crippen LogP contribution in [0.3, 0.4) is 0 Å².